The molecule has 0 unspecified atom stereocenters. The van der Waals surface area contributed by atoms with Crippen LogP contribution in [0, 0.1) is 0 Å². The van der Waals surface area contributed by atoms with Gasteiger partial charge < -0.3 is 14.4 Å². The first-order valence-corrected chi connectivity index (χ1v) is 7.95. The van der Waals surface area contributed by atoms with E-state index in [0.29, 0.717) is 23.9 Å². The van der Waals surface area contributed by atoms with Gasteiger partial charge in [-0.2, -0.15) is 0 Å². The van der Waals surface area contributed by atoms with Gasteiger partial charge in [-0.1, -0.05) is 23.2 Å². The molecule has 0 spiro atoms. The SMILES string of the molecule is CC(C)(C)OC(=O)N1CCC[C@H]1COc1cnc(Cl)c(Cl)c1. The molecule has 0 radical (unpaired) electrons. The summed E-state index contributed by atoms with van der Waals surface area (Å²) < 4.78 is 11.1. The Hall–Kier alpha value is -1.20. The highest BCUT2D eigenvalue weighted by Gasteiger charge is 2.32. The van der Waals surface area contributed by atoms with Crippen LogP contribution in [0.15, 0.2) is 12.3 Å². The quantitative estimate of drug-likeness (QED) is 0.770. The van der Waals surface area contributed by atoms with E-state index in [2.05, 4.69) is 4.98 Å². The first-order valence-electron chi connectivity index (χ1n) is 7.20. The Balaban J connectivity index is 1.93. The second-order valence-corrected chi connectivity index (χ2v) is 6.99. The molecule has 1 amide bonds. The summed E-state index contributed by atoms with van der Waals surface area (Å²) in [6.07, 6.45) is 3.04. The number of halogens is 2. The number of amides is 1. The lowest BCUT2D eigenvalue weighted by Gasteiger charge is -2.28. The third kappa shape index (κ3) is 4.65. The zero-order chi connectivity index (χ0) is 16.3. The van der Waals surface area contributed by atoms with Crippen LogP contribution >= 0.6 is 23.2 Å². The highest BCUT2D eigenvalue weighted by molar-refractivity contribution is 6.41. The standard InChI is InChI=1S/C15H20Cl2N2O3/c1-15(2,3)22-14(20)19-6-4-5-10(19)9-21-11-7-12(16)13(17)18-8-11/h7-8,10H,4-6,9H2,1-3H3/t10-/m0/s1. The van der Waals surface area contributed by atoms with Gasteiger partial charge in [0, 0.05) is 12.6 Å². The lowest BCUT2D eigenvalue weighted by Crippen LogP contribution is -2.42. The highest BCUT2D eigenvalue weighted by Crippen LogP contribution is 2.25. The number of ether oxygens (including phenoxy) is 2. The van der Waals surface area contributed by atoms with E-state index in [0.717, 1.165) is 12.8 Å². The first-order chi connectivity index (χ1) is 10.3. The summed E-state index contributed by atoms with van der Waals surface area (Å²) >= 11 is 11.7. The summed E-state index contributed by atoms with van der Waals surface area (Å²) in [5.41, 5.74) is -0.501. The summed E-state index contributed by atoms with van der Waals surface area (Å²) in [7, 11) is 0. The van der Waals surface area contributed by atoms with E-state index >= 15 is 0 Å². The summed E-state index contributed by atoms with van der Waals surface area (Å²) in [5.74, 6) is 0.533. The molecule has 7 heteroatoms. The van der Waals surface area contributed by atoms with Gasteiger partial charge in [0.15, 0.2) is 0 Å². The minimum Gasteiger partial charge on any atom is -0.490 e. The molecule has 2 rings (SSSR count). The van der Waals surface area contributed by atoms with Crippen LogP contribution in [0.4, 0.5) is 4.79 Å². The molecule has 1 atom stereocenters. The second kappa shape index (κ2) is 6.92. The Kier molecular flexibility index (Phi) is 5.40. The molecule has 0 aliphatic carbocycles. The summed E-state index contributed by atoms with van der Waals surface area (Å²) in [4.78, 5) is 17.8. The molecule has 1 aromatic rings. The number of aromatic nitrogens is 1. The maximum absolute atomic E-state index is 12.2. The van der Waals surface area contributed by atoms with E-state index < -0.39 is 5.60 Å². The van der Waals surface area contributed by atoms with Gasteiger partial charge >= 0.3 is 6.09 Å². The van der Waals surface area contributed by atoms with Crippen LogP contribution in [-0.2, 0) is 4.74 Å². The largest absolute Gasteiger partial charge is 0.490 e. The number of nitrogens with zero attached hydrogens (tertiary/aromatic N) is 2. The minimum absolute atomic E-state index is 0.00990. The summed E-state index contributed by atoms with van der Waals surface area (Å²) in [5, 5.41) is 0.583. The number of pyridine rings is 1. The predicted molar refractivity (Wildman–Crippen MR) is 85.7 cm³/mol. The molecule has 1 saturated heterocycles. The van der Waals surface area contributed by atoms with Crippen molar-refractivity contribution in [3.05, 3.63) is 22.4 Å². The van der Waals surface area contributed by atoms with Crippen LogP contribution < -0.4 is 4.74 Å². The average molecular weight is 347 g/mol. The first kappa shape index (κ1) is 17.2. The molecule has 0 saturated carbocycles. The van der Waals surface area contributed by atoms with Crippen LogP contribution in [-0.4, -0.2) is 40.8 Å². The Morgan fingerprint density at radius 2 is 2.18 bits per heavy atom. The van der Waals surface area contributed by atoms with Crippen LogP contribution in [0.25, 0.3) is 0 Å². The molecule has 1 fully saturated rings. The van der Waals surface area contributed by atoms with E-state index in [1.807, 2.05) is 20.8 Å². The van der Waals surface area contributed by atoms with Crippen molar-refractivity contribution in [3.63, 3.8) is 0 Å². The lowest BCUT2D eigenvalue weighted by atomic mass is 10.2. The zero-order valence-corrected chi connectivity index (χ0v) is 14.4. The normalized spacial score (nSPS) is 18.4. The molecule has 0 aromatic carbocycles. The highest BCUT2D eigenvalue weighted by atomic mass is 35.5. The van der Waals surface area contributed by atoms with Crippen molar-refractivity contribution in [2.24, 2.45) is 0 Å². The summed E-state index contributed by atoms with van der Waals surface area (Å²) in [6, 6.07) is 1.60. The van der Waals surface area contributed by atoms with Crippen molar-refractivity contribution in [3.8, 4) is 5.75 Å². The van der Waals surface area contributed by atoms with E-state index in [1.54, 1.807) is 11.0 Å². The molecule has 0 N–H and O–H groups in total. The third-order valence-electron chi connectivity index (χ3n) is 3.22. The Morgan fingerprint density at radius 3 is 2.82 bits per heavy atom. The molecule has 0 bridgehead atoms. The number of carbonyl (C=O) groups is 1. The van der Waals surface area contributed by atoms with Crippen molar-refractivity contribution in [1.82, 2.24) is 9.88 Å². The van der Waals surface area contributed by atoms with Crippen molar-refractivity contribution < 1.29 is 14.3 Å². The van der Waals surface area contributed by atoms with Crippen LogP contribution in [0.5, 0.6) is 5.75 Å². The Morgan fingerprint density at radius 1 is 1.45 bits per heavy atom. The van der Waals surface area contributed by atoms with Crippen molar-refractivity contribution in [2.45, 2.75) is 45.3 Å². The van der Waals surface area contributed by atoms with E-state index in [1.165, 1.54) is 6.20 Å². The number of rotatable bonds is 3. The molecule has 1 aliphatic heterocycles. The van der Waals surface area contributed by atoms with Gasteiger partial charge in [0.25, 0.3) is 0 Å². The average Bonchev–Trinajstić information content (AvgIpc) is 2.87. The molecular weight excluding hydrogens is 327 g/mol. The molecule has 2 heterocycles. The van der Waals surface area contributed by atoms with Crippen molar-refractivity contribution in [2.75, 3.05) is 13.2 Å². The number of hydrogen-bond donors (Lipinski definition) is 0. The fourth-order valence-electron chi connectivity index (χ4n) is 2.24. The van der Waals surface area contributed by atoms with Gasteiger partial charge in [-0.15, -0.1) is 0 Å². The van der Waals surface area contributed by atoms with Crippen molar-refractivity contribution in [1.29, 1.82) is 0 Å². The number of hydrogen-bond acceptors (Lipinski definition) is 4. The van der Waals surface area contributed by atoms with Crippen LogP contribution in [0.3, 0.4) is 0 Å². The fourth-order valence-corrected chi connectivity index (χ4v) is 2.50. The molecule has 5 nitrogen and oxygen atoms in total. The van der Waals surface area contributed by atoms with Crippen LogP contribution in [0.2, 0.25) is 10.2 Å². The molecule has 1 aliphatic rings. The third-order valence-corrected chi connectivity index (χ3v) is 3.90. The maximum Gasteiger partial charge on any atom is 0.410 e. The molecule has 122 valence electrons. The van der Waals surface area contributed by atoms with Gasteiger partial charge in [-0.25, -0.2) is 9.78 Å². The molecule has 22 heavy (non-hydrogen) atoms. The van der Waals surface area contributed by atoms with Crippen LogP contribution in [0.1, 0.15) is 33.6 Å². The molecule has 1 aromatic heterocycles. The van der Waals surface area contributed by atoms with E-state index in [9.17, 15) is 4.79 Å². The monoisotopic (exact) mass is 346 g/mol. The summed E-state index contributed by atoms with van der Waals surface area (Å²) in [6.45, 7) is 6.62. The van der Waals surface area contributed by atoms with Crippen molar-refractivity contribution >= 4 is 29.3 Å². The predicted octanol–water partition coefficient (Wildman–Crippen LogP) is 4.17. The number of likely N-dealkylation sites (tertiary alicyclic amines) is 1. The van der Waals surface area contributed by atoms with Gasteiger partial charge in [-0.3, -0.25) is 0 Å². The second-order valence-electron chi connectivity index (χ2n) is 6.22. The molecular formula is C15H20Cl2N2O3. The Bertz CT molecular complexity index is 546. The van der Waals surface area contributed by atoms with Gasteiger partial charge in [0.2, 0.25) is 0 Å². The maximum atomic E-state index is 12.2. The van der Waals surface area contributed by atoms with E-state index in [4.69, 9.17) is 32.7 Å². The minimum atomic E-state index is -0.501. The Labute approximate surface area is 140 Å². The lowest BCUT2D eigenvalue weighted by molar-refractivity contribution is 0.0187. The van der Waals surface area contributed by atoms with Gasteiger partial charge in [0.1, 0.15) is 23.1 Å². The van der Waals surface area contributed by atoms with Gasteiger partial charge in [-0.05, 0) is 33.6 Å². The zero-order valence-electron chi connectivity index (χ0n) is 12.9. The van der Waals surface area contributed by atoms with Gasteiger partial charge in [0.05, 0.1) is 17.3 Å². The fraction of sp³-hybridized carbons (Fsp3) is 0.600. The topological polar surface area (TPSA) is 51.7 Å². The number of carbonyl (C=O) groups excluding carboxylic acids is 1. The van der Waals surface area contributed by atoms with E-state index in [-0.39, 0.29) is 17.3 Å². The smallest absolute Gasteiger partial charge is 0.410 e.